The lowest BCUT2D eigenvalue weighted by Crippen LogP contribution is -2.38. The van der Waals surface area contributed by atoms with Crippen molar-refractivity contribution in [1.29, 1.82) is 0 Å². The third-order valence-corrected chi connectivity index (χ3v) is 6.91. The van der Waals surface area contributed by atoms with Crippen LogP contribution in [0.25, 0.3) is 6.08 Å². The molecule has 0 saturated carbocycles. The standard InChI is InChI=1S/C17H15ClN2O4S3/c18-12-3-1-11(2-4-12)9-14-16(22)20(17(25)26-14)7-5-15(21)19-13-6-8-27(23,24)10-13/h1-4,6,8-9,13H,5,7,10H2,(H,19,21)/b14-9-/t13-/m0/s1. The Balaban J connectivity index is 1.57. The molecular formula is C17H15ClN2O4S3. The first-order chi connectivity index (χ1) is 12.7. The number of hydrogen-bond acceptors (Lipinski definition) is 6. The monoisotopic (exact) mass is 442 g/mol. The van der Waals surface area contributed by atoms with Gasteiger partial charge in [-0.1, -0.05) is 47.7 Å². The molecule has 2 amide bonds. The Morgan fingerprint density at radius 1 is 1.37 bits per heavy atom. The van der Waals surface area contributed by atoms with Crippen LogP contribution < -0.4 is 5.32 Å². The molecule has 1 aromatic carbocycles. The second-order valence-corrected chi connectivity index (χ2v) is 10.0. The number of halogens is 1. The van der Waals surface area contributed by atoms with Gasteiger partial charge in [0.1, 0.15) is 4.32 Å². The topological polar surface area (TPSA) is 83.6 Å². The highest BCUT2D eigenvalue weighted by molar-refractivity contribution is 8.26. The van der Waals surface area contributed by atoms with Gasteiger partial charge in [-0.15, -0.1) is 0 Å². The van der Waals surface area contributed by atoms with E-state index in [-0.39, 0.29) is 30.5 Å². The number of sulfone groups is 1. The van der Waals surface area contributed by atoms with Crippen molar-refractivity contribution in [3.05, 3.63) is 51.2 Å². The number of thioether (sulfide) groups is 1. The van der Waals surface area contributed by atoms with Crippen molar-refractivity contribution in [2.45, 2.75) is 12.5 Å². The first kappa shape index (κ1) is 20.1. The summed E-state index contributed by atoms with van der Waals surface area (Å²) in [5.74, 6) is -0.725. The molecule has 1 atom stereocenters. The molecule has 0 bridgehead atoms. The fourth-order valence-corrected chi connectivity index (χ4v) is 5.23. The molecule has 0 unspecified atom stereocenters. The van der Waals surface area contributed by atoms with E-state index in [9.17, 15) is 18.0 Å². The zero-order valence-corrected chi connectivity index (χ0v) is 17.1. The maximum absolute atomic E-state index is 12.5. The molecule has 0 aliphatic carbocycles. The van der Waals surface area contributed by atoms with E-state index in [1.807, 2.05) is 0 Å². The number of carbonyl (C=O) groups is 2. The fraction of sp³-hybridized carbons (Fsp3) is 0.235. The van der Waals surface area contributed by atoms with E-state index in [0.29, 0.717) is 14.2 Å². The molecule has 27 heavy (non-hydrogen) atoms. The molecular weight excluding hydrogens is 428 g/mol. The Bertz CT molecular complexity index is 955. The molecule has 10 heteroatoms. The van der Waals surface area contributed by atoms with Crippen LogP contribution in [0.1, 0.15) is 12.0 Å². The normalized spacial score (nSPS) is 22.6. The Morgan fingerprint density at radius 2 is 2.07 bits per heavy atom. The Kier molecular flexibility index (Phi) is 6.05. The van der Waals surface area contributed by atoms with Crippen molar-refractivity contribution in [3.8, 4) is 0 Å². The molecule has 3 rings (SSSR count). The molecule has 1 fully saturated rings. The number of benzene rings is 1. The summed E-state index contributed by atoms with van der Waals surface area (Å²) in [5, 5.41) is 4.33. The second kappa shape index (κ2) is 8.14. The van der Waals surface area contributed by atoms with Crippen LogP contribution in [0.3, 0.4) is 0 Å². The zero-order chi connectivity index (χ0) is 19.6. The van der Waals surface area contributed by atoms with Crippen LogP contribution in [0.5, 0.6) is 0 Å². The third kappa shape index (κ3) is 5.19. The van der Waals surface area contributed by atoms with Crippen molar-refractivity contribution in [2.75, 3.05) is 12.3 Å². The van der Waals surface area contributed by atoms with E-state index in [2.05, 4.69) is 5.32 Å². The summed E-state index contributed by atoms with van der Waals surface area (Å²) in [6, 6.07) is 6.53. The summed E-state index contributed by atoms with van der Waals surface area (Å²) in [4.78, 5) is 26.4. The van der Waals surface area contributed by atoms with Crippen LogP contribution in [0.4, 0.5) is 0 Å². The summed E-state index contributed by atoms with van der Waals surface area (Å²) in [6.07, 6.45) is 3.20. The minimum absolute atomic E-state index is 0.0328. The van der Waals surface area contributed by atoms with Crippen LogP contribution >= 0.6 is 35.6 Å². The highest BCUT2D eigenvalue weighted by Gasteiger charge is 2.32. The first-order valence-electron chi connectivity index (χ1n) is 7.95. The van der Waals surface area contributed by atoms with Gasteiger partial charge in [0.15, 0.2) is 9.84 Å². The maximum atomic E-state index is 12.5. The van der Waals surface area contributed by atoms with Crippen LogP contribution in [-0.2, 0) is 19.4 Å². The predicted molar refractivity (Wildman–Crippen MR) is 111 cm³/mol. The molecule has 2 aliphatic heterocycles. The van der Waals surface area contributed by atoms with Crippen molar-refractivity contribution >= 4 is 67.6 Å². The predicted octanol–water partition coefficient (Wildman–Crippen LogP) is 2.36. The highest BCUT2D eigenvalue weighted by atomic mass is 35.5. The van der Waals surface area contributed by atoms with Crippen molar-refractivity contribution in [3.63, 3.8) is 0 Å². The van der Waals surface area contributed by atoms with Crippen molar-refractivity contribution in [1.82, 2.24) is 10.2 Å². The van der Waals surface area contributed by atoms with Gasteiger partial charge >= 0.3 is 0 Å². The summed E-state index contributed by atoms with van der Waals surface area (Å²) in [6.45, 7) is 0.137. The van der Waals surface area contributed by atoms with E-state index in [0.717, 1.165) is 11.0 Å². The number of rotatable bonds is 5. The van der Waals surface area contributed by atoms with Gasteiger partial charge in [-0.2, -0.15) is 0 Å². The Labute approximate surface area is 171 Å². The van der Waals surface area contributed by atoms with Gasteiger partial charge in [0.25, 0.3) is 5.91 Å². The Morgan fingerprint density at radius 3 is 2.70 bits per heavy atom. The SMILES string of the molecule is O=C(CCN1C(=O)/C(=C/c2ccc(Cl)cc2)SC1=S)N[C@H]1C=CS(=O)(=O)C1. The second-order valence-electron chi connectivity index (χ2n) is 5.97. The van der Waals surface area contributed by atoms with Crippen LogP contribution in [-0.4, -0.2) is 47.8 Å². The van der Waals surface area contributed by atoms with E-state index >= 15 is 0 Å². The van der Waals surface area contributed by atoms with Gasteiger partial charge in [-0.25, -0.2) is 8.42 Å². The summed E-state index contributed by atoms with van der Waals surface area (Å²) >= 11 is 12.3. The highest BCUT2D eigenvalue weighted by Crippen LogP contribution is 2.32. The number of carbonyl (C=O) groups excluding carboxylic acids is 2. The first-order valence-corrected chi connectivity index (χ1v) is 11.3. The summed E-state index contributed by atoms with van der Waals surface area (Å²) in [7, 11) is -3.23. The number of hydrogen-bond donors (Lipinski definition) is 1. The van der Waals surface area contributed by atoms with E-state index in [1.54, 1.807) is 30.3 Å². The quantitative estimate of drug-likeness (QED) is 0.556. The number of nitrogens with zero attached hydrogens (tertiary/aromatic N) is 1. The third-order valence-electron chi connectivity index (χ3n) is 3.88. The molecule has 0 aromatic heterocycles. The van der Waals surface area contributed by atoms with Crippen LogP contribution in [0, 0.1) is 0 Å². The maximum Gasteiger partial charge on any atom is 0.266 e. The molecule has 2 aliphatic rings. The average molecular weight is 443 g/mol. The minimum atomic E-state index is -3.23. The van der Waals surface area contributed by atoms with Crippen molar-refractivity contribution in [2.24, 2.45) is 0 Å². The largest absolute Gasteiger partial charge is 0.349 e. The number of nitrogens with one attached hydrogen (secondary N) is 1. The molecule has 1 aromatic rings. The molecule has 0 spiro atoms. The van der Waals surface area contributed by atoms with Gasteiger partial charge in [0, 0.05) is 23.4 Å². The van der Waals surface area contributed by atoms with Gasteiger partial charge in [0.2, 0.25) is 5.91 Å². The zero-order valence-electron chi connectivity index (χ0n) is 13.9. The Hall–Kier alpha value is -1.68. The van der Waals surface area contributed by atoms with Gasteiger partial charge in [-0.05, 0) is 29.8 Å². The molecule has 1 saturated heterocycles. The lowest BCUT2D eigenvalue weighted by molar-refractivity contribution is -0.124. The average Bonchev–Trinajstić information content (AvgIpc) is 3.07. The summed E-state index contributed by atoms with van der Waals surface area (Å²) in [5.41, 5.74) is 0.826. The van der Waals surface area contributed by atoms with Crippen molar-refractivity contribution < 1.29 is 18.0 Å². The smallest absolute Gasteiger partial charge is 0.266 e. The fourth-order valence-electron chi connectivity index (χ4n) is 2.56. The number of thiocarbonyl (C=S) groups is 1. The van der Waals surface area contributed by atoms with Gasteiger partial charge in [0.05, 0.1) is 16.7 Å². The van der Waals surface area contributed by atoms with Crippen LogP contribution in [0.2, 0.25) is 5.02 Å². The molecule has 2 heterocycles. The minimum Gasteiger partial charge on any atom is -0.349 e. The van der Waals surface area contributed by atoms with Gasteiger partial charge in [-0.3, -0.25) is 14.5 Å². The lowest BCUT2D eigenvalue weighted by Gasteiger charge is -2.15. The van der Waals surface area contributed by atoms with E-state index in [4.69, 9.17) is 23.8 Å². The van der Waals surface area contributed by atoms with Crippen LogP contribution in [0.15, 0.2) is 40.7 Å². The molecule has 6 nitrogen and oxygen atoms in total. The molecule has 142 valence electrons. The lowest BCUT2D eigenvalue weighted by atomic mass is 10.2. The number of amides is 2. The molecule has 1 N–H and O–H groups in total. The van der Waals surface area contributed by atoms with Gasteiger partial charge < -0.3 is 5.32 Å². The van der Waals surface area contributed by atoms with E-state index < -0.39 is 15.9 Å². The summed E-state index contributed by atoms with van der Waals surface area (Å²) < 4.78 is 23.1. The van der Waals surface area contributed by atoms with E-state index in [1.165, 1.54) is 22.7 Å². The molecule has 0 radical (unpaired) electrons.